The third kappa shape index (κ3) is 14.0. The molecule has 0 aliphatic heterocycles. The van der Waals surface area contributed by atoms with Crippen LogP contribution in [0.2, 0.25) is 0 Å². The Hall–Kier alpha value is -18.2. The van der Waals surface area contributed by atoms with Crippen LogP contribution in [0.5, 0.6) is 0 Å². The van der Waals surface area contributed by atoms with Gasteiger partial charge in [-0.25, -0.2) is 0 Å². The van der Waals surface area contributed by atoms with Gasteiger partial charge in [-0.3, -0.25) is 0 Å². The number of fused-ring (bicyclic) bond motifs is 21. The predicted molar refractivity (Wildman–Crippen MR) is 561 cm³/mol. The number of nitrogens with zero attached hydrogens (tertiary/aromatic N) is 3. The third-order valence-electron chi connectivity index (χ3n) is 26.6. The van der Waals surface area contributed by atoms with E-state index < -0.39 is 0 Å². The zero-order valence-corrected chi connectivity index (χ0v) is 72.9. The van der Waals surface area contributed by atoms with Gasteiger partial charge < -0.3 is 41.2 Å². The number of benzene rings is 22. The fraction of sp³-hybridized carbons (Fsp3) is 0. The van der Waals surface area contributed by atoms with Crippen molar-refractivity contribution in [2.75, 3.05) is 14.7 Å². The van der Waals surface area contributed by atoms with Crippen molar-refractivity contribution in [2.24, 2.45) is 0 Å². The molecule has 0 aliphatic carbocycles. The number of furan rings is 6. The normalized spacial score (nSPS) is 11.7. The number of hydrogen-bond acceptors (Lipinski definition) is 9. The second kappa shape index (κ2) is 32.5. The number of anilines is 9. The molecule has 0 N–H and O–H groups in total. The van der Waals surface area contributed by atoms with Gasteiger partial charge in [0.25, 0.3) is 0 Å². The zero-order chi connectivity index (χ0) is 89.0. The van der Waals surface area contributed by atoms with E-state index in [0.29, 0.717) is 0 Å². The molecule has 0 saturated carbocycles. The minimum absolute atomic E-state index is 0.854. The summed E-state index contributed by atoms with van der Waals surface area (Å²) in [5, 5.41) is 20.8. The summed E-state index contributed by atoms with van der Waals surface area (Å²) in [6.07, 6.45) is 0. The Morgan fingerprint density at radius 1 is 0.119 bits per heavy atom. The lowest BCUT2D eigenvalue weighted by molar-refractivity contribution is 0.667. The summed E-state index contributed by atoms with van der Waals surface area (Å²) in [6.45, 7) is 0. The molecule has 28 aromatic rings. The Balaban J connectivity index is 0.000000106. The fourth-order valence-corrected chi connectivity index (χ4v) is 19.9. The fourth-order valence-electron chi connectivity index (χ4n) is 19.9. The molecular formula is C126H79N3O6. The molecule has 0 radical (unpaired) electrons. The maximum absolute atomic E-state index is 6.55. The number of hydrogen-bond donors (Lipinski definition) is 0. The van der Waals surface area contributed by atoms with Crippen LogP contribution < -0.4 is 14.7 Å². The Kier molecular flexibility index (Phi) is 18.7. The Morgan fingerprint density at radius 3 is 0.667 bits per heavy atom. The molecule has 0 saturated heterocycles. The van der Waals surface area contributed by atoms with E-state index in [4.69, 9.17) is 26.5 Å². The van der Waals surface area contributed by atoms with Gasteiger partial charge in [-0.1, -0.05) is 297 Å². The van der Waals surface area contributed by atoms with Crippen molar-refractivity contribution < 1.29 is 26.5 Å². The lowest BCUT2D eigenvalue weighted by Gasteiger charge is -2.26. The lowest BCUT2D eigenvalue weighted by atomic mass is 10.0. The van der Waals surface area contributed by atoms with Gasteiger partial charge in [-0.05, 0) is 241 Å². The van der Waals surface area contributed by atoms with Crippen molar-refractivity contribution in [3.8, 4) is 44.5 Å². The van der Waals surface area contributed by atoms with Crippen molar-refractivity contribution in [1.82, 2.24) is 0 Å². The van der Waals surface area contributed by atoms with E-state index in [1.54, 1.807) is 0 Å². The standard InChI is InChI=1S/C46H29NO2.2C40H25NO2/c1-2-9-33-28-34(17-16-30(33)8-1)31-18-23-36(24-19-31)47(42-13-7-12-41-39-11-4-6-15-44(39)49-46(41)42)37-25-20-32(21-26-37)35-22-27-40-38-10-3-5-14-43(38)48-45(40)29-35;1-2-9-28-24-29(17-16-26(28)8-1)27-18-20-30(21-19-27)41(31-22-23-34-32-10-3-5-14-37(32)42-39(34)25-31)36-13-7-12-35-33-11-4-6-15-38(33)43-40(35)36;1-2-8-28-23-29(14-13-26(28)7-1)27-15-17-30(18-16-27)41(31-19-21-35-33-9-3-5-11-37(33)42-39(35)24-31)32-20-22-36-34-10-4-6-12-38(34)43-40(36)25-32/h1-29H;2*1-25H. The molecule has 0 amide bonds. The highest BCUT2D eigenvalue weighted by molar-refractivity contribution is 6.15. The molecule has 0 bridgehead atoms. The molecule has 0 fully saturated rings. The summed E-state index contributed by atoms with van der Waals surface area (Å²) in [6, 6.07) is 168. The third-order valence-corrected chi connectivity index (χ3v) is 26.6. The van der Waals surface area contributed by atoms with Gasteiger partial charge in [-0.15, -0.1) is 0 Å². The first kappa shape index (κ1) is 77.9. The molecule has 135 heavy (non-hydrogen) atoms. The maximum Gasteiger partial charge on any atom is 0.159 e. The van der Waals surface area contributed by atoms with Crippen LogP contribution in [0.4, 0.5) is 51.2 Å². The molecule has 9 nitrogen and oxygen atoms in total. The van der Waals surface area contributed by atoms with Gasteiger partial charge in [0.2, 0.25) is 0 Å². The molecule has 0 unspecified atom stereocenters. The van der Waals surface area contributed by atoms with Crippen molar-refractivity contribution in [1.29, 1.82) is 0 Å². The smallest absolute Gasteiger partial charge is 0.159 e. The van der Waals surface area contributed by atoms with E-state index in [0.717, 1.165) is 194 Å². The van der Waals surface area contributed by atoms with Crippen LogP contribution in [0, 0.1) is 0 Å². The first-order valence-electron chi connectivity index (χ1n) is 45.6. The Morgan fingerprint density at radius 2 is 0.333 bits per heavy atom. The average molecular weight is 1730 g/mol. The second-order valence-corrected chi connectivity index (χ2v) is 34.5. The van der Waals surface area contributed by atoms with Crippen LogP contribution in [0.3, 0.4) is 0 Å². The van der Waals surface area contributed by atoms with E-state index in [-0.39, 0.29) is 0 Å². The number of para-hydroxylation sites is 8. The molecule has 6 heterocycles. The molecule has 9 heteroatoms. The summed E-state index contributed by atoms with van der Waals surface area (Å²) in [7, 11) is 0. The SMILES string of the molecule is c1ccc2cc(-c3ccc(N(c4ccc(-c5ccc6c(c5)oc5ccccc56)cc4)c4cccc5c4oc4ccccc45)cc3)ccc2c1.c1ccc2cc(-c3ccc(N(c4ccc5c(c4)oc4ccccc45)c4ccc5c(c4)oc4ccccc45)cc3)ccc2c1.c1ccc2cc(-c3ccc(N(c4ccc5c(c4)oc4ccccc45)c4cccc5c4oc4ccccc45)cc3)ccc2c1. The minimum atomic E-state index is 0.854. The van der Waals surface area contributed by atoms with Crippen LogP contribution in [0.1, 0.15) is 0 Å². The minimum Gasteiger partial charge on any atom is -0.456 e. The van der Waals surface area contributed by atoms with Crippen molar-refractivity contribution in [2.45, 2.75) is 0 Å². The van der Waals surface area contributed by atoms with Gasteiger partial charge in [0, 0.05) is 117 Å². The van der Waals surface area contributed by atoms with Crippen molar-refractivity contribution >= 4 is 215 Å². The zero-order valence-electron chi connectivity index (χ0n) is 72.9. The first-order valence-corrected chi connectivity index (χ1v) is 45.6. The monoisotopic (exact) mass is 1730 g/mol. The van der Waals surface area contributed by atoms with Gasteiger partial charge in [-0.2, -0.15) is 0 Å². The number of rotatable bonds is 13. The lowest BCUT2D eigenvalue weighted by Crippen LogP contribution is -2.10. The highest BCUT2D eigenvalue weighted by Crippen LogP contribution is 2.49. The Bertz CT molecular complexity index is 9370. The largest absolute Gasteiger partial charge is 0.456 e. The van der Waals surface area contributed by atoms with E-state index >= 15 is 0 Å². The van der Waals surface area contributed by atoms with Crippen LogP contribution in [0.25, 0.3) is 208 Å². The molecule has 0 spiro atoms. The van der Waals surface area contributed by atoms with Crippen LogP contribution >= 0.6 is 0 Å². The maximum atomic E-state index is 6.55. The molecular weight excluding hydrogens is 1650 g/mol. The van der Waals surface area contributed by atoms with E-state index in [9.17, 15) is 0 Å². The molecule has 0 atom stereocenters. The molecule has 28 rings (SSSR count). The molecule has 22 aromatic carbocycles. The summed E-state index contributed by atoms with van der Waals surface area (Å²) in [5.41, 5.74) is 29.1. The van der Waals surface area contributed by atoms with Gasteiger partial charge in [0.15, 0.2) is 11.2 Å². The molecule has 634 valence electrons. The van der Waals surface area contributed by atoms with Crippen LogP contribution in [-0.2, 0) is 0 Å². The first-order chi connectivity index (χ1) is 66.8. The summed E-state index contributed by atoms with van der Waals surface area (Å²) < 4.78 is 38.2. The van der Waals surface area contributed by atoms with Crippen LogP contribution in [-0.4, -0.2) is 0 Å². The van der Waals surface area contributed by atoms with E-state index in [1.165, 1.54) is 65.7 Å². The highest BCUT2D eigenvalue weighted by Gasteiger charge is 2.25. The van der Waals surface area contributed by atoms with E-state index in [2.05, 4.69) is 421 Å². The molecule has 0 aliphatic rings. The van der Waals surface area contributed by atoms with Crippen LogP contribution in [0.15, 0.2) is 506 Å². The summed E-state index contributed by atoms with van der Waals surface area (Å²) in [4.78, 5) is 6.83. The van der Waals surface area contributed by atoms with Gasteiger partial charge in [0.05, 0.1) is 17.1 Å². The quantitative estimate of drug-likeness (QED) is 0.112. The summed E-state index contributed by atoms with van der Waals surface area (Å²) in [5.74, 6) is 0. The van der Waals surface area contributed by atoms with Crippen molar-refractivity contribution in [3.63, 3.8) is 0 Å². The molecule has 6 aromatic heterocycles. The average Bonchev–Trinajstić information content (AvgIpc) is 1.61. The topological polar surface area (TPSA) is 88.6 Å². The highest BCUT2D eigenvalue weighted by atomic mass is 16.3. The van der Waals surface area contributed by atoms with Gasteiger partial charge >= 0.3 is 0 Å². The summed E-state index contributed by atoms with van der Waals surface area (Å²) >= 11 is 0. The van der Waals surface area contributed by atoms with Crippen molar-refractivity contribution in [3.05, 3.63) is 479 Å². The van der Waals surface area contributed by atoms with E-state index in [1.807, 2.05) is 72.8 Å². The Labute approximate surface area is 774 Å². The van der Waals surface area contributed by atoms with Gasteiger partial charge in [0.1, 0.15) is 55.8 Å². The predicted octanol–water partition coefficient (Wildman–Crippen LogP) is 37.0. The second-order valence-electron chi connectivity index (χ2n) is 34.5.